The van der Waals surface area contributed by atoms with Crippen molar-refractivity contribution in [2.45, 2.75) is 23.8 Å². The molecule has 0 bridgehead atoms. The molecular formula is C20H18F3N3O2S. The van der Waals surface area contributed by atoms with Crippen LogP contribution in [0.25, 0.3) is 11.4 Å². The van der Waals surface area contributed by atoms with Crippen LogP contribution in [0.4, 0.5) is 13.2 Å². The van der Waals surface area contributed by atoms with Crippen LogP contribution in [-0.4, -0.2) is 28.2 Å². The second kappa shape index (κ2) is 9.04. The lowest BCUT2D eigenvalue weighted by Crippen LogP contribution is -2.16. The lowest BCUT2D eigenvalue weighted by Gasteiger charge is -2.11. The minimum atomic E-state index is -4.70. The lowest BCUT2D eigenvalue weighted by molar-refractivity contribution is -0.274. The summed E-state index contributed by atoms with van der Waals surface area (Å²) in [6.07, 6.45) is -2.96. The largest absolute Gasteiger partial charge is 0.573 e. The van der Waals surface area contributed by atoms with Crippen LogP contribution in [0.5, 0.6) is 11.5 Å². The van der Waals surface area contributed by atoms with Gasteiger partial charge in [-0.3, -0.25) is 4.57 Å². The van der Waals surface area contributed by atoms with Crippen LogP contribution in [0.2, 0.25) is 0 Å². The molecule has 0 amide bonds. The number of rotatable bonds is 8. The summed E-state index contributed by atoms with van der Waals surface area (Å²) in [5.74, 6) is 1.59. The average Bonchev–Trinajstić information content (AvgIpc) is 3.09. The molecule has 0 atom stereocenters. The topological polar surface area (TPSA) is 49.2 Å². The van der Waals surface area contributed by atoms with Gasteiger partial charge in [-0.1, -0.05) is 42.1 Å². The number of hydrogen-bond donors (Lipinski definition) is 0. The molecule has 2 aromatic carbocycles. The smallest absolute Gasteiger partial charge is 0.496 e. The summed E-state index contributed by atoms with van der Waals surface area (Å²) in [5, 5.41) is 9.23. The molecule has 0 saturated carbocycles. The number of alkyl halides is 3. The summed E-state index contributed by atoms with van der Waals surface area (Å²) in [7, 11) is 1.59. The number of aromatic nitrogens is 3. The van der Waals surface area contributed by atoms with Crippen LogP contribution in [0.3, 0.4) is 0 Å². The highest BCUT2D eigenvalue weighted by Crippen LogP contribution is 2.32. The number of methoxy groups -OCH3 is 1. The van der Waals surface area contributed by atoms with Crippen molar-refractivity contribution in [1.82, 2.24) is 14.8 Å². The molecule has 3 rings (SSSR count). The molecule has 29 heavy (non-hydrogen) atoms. The van der Waals surface area contributed by atoms with Gasteiger partial charge in [-0.25, -0.2) is 0 Å². The van der Waals surface area contributed by atoms with Crippen molar-refractivity contribution in [3.63, 3.8) is 0 Å². The molecule has 1 heterocycles. The highest BCUT2D eigenvalue weighted by Gasteiger charge is 2.30. The number of para-hydroxylation sites is 1. The number of thioether (sulfide) groups is 1. The summed E-state index contributed by atoms with van der Waals surface area (Å²) in [5.41, 5.74) is 1.64. The zero-order chi connectivity index (χ0) is 20.9. The van der Waals surface area contributed by atoms with Gasteiger partial charge in [0.2, 0.25) is 0 Å². The second-order valence-electron chi connectivity index (χ2n) is 5.89. The quantitative estimate of drug-likeness (QED) is 0.363. The average molecular weight is 421 g/mol. The van der Waals surface area contributed by atoms with Gasteiger partial charge in [0.15, 0.2) is 11.0 Å². The molecule has 0 aliphatic heterocycles. The van der Waals surface area contributed by atoms with E-state index in [1.54, 1.807) is 25.3 Å². The molecule has 0 saturated heterocycles. The minimum Gasteiger partial charge on any atom is -0.496 e. The first-order chi connectivity index (χ1) is 13.9. The summed E-state index contributed by atoms with van der Waals surface area (Å²) >= 11 is 1.43. The van der Waals surface area contributed by atoms with Crippen LogP contribution < -0.4 is 9.47 Å². The Kier molecular flexibility index (Phi) is 6.48. The first-order valence-corrected chi connectivity index (χ1v) is 9.55. The molecule has 3 aromatic rings. The van der Waals surface area contributed by atoms with Crippen molar-refractivity contribution in [2.24, 2.45) is 0 Å². The first-order valence-electron chi connectivity index (χ1n) is 8.56. The SMILES string of the molecule is C=CCn1c(SCc2ccc(OC(F)(F)F)cc2)nnc1-c1ccccc1OC. The van der Waals surface area contributed by atoms with E-state index in [2.05, 4.69) is 21.5 Å². The number of benzene rings is 2. The molecule has 0 aliphatic rings. The van der Waals surface area contributed by atoms with E-state index in [1.807, 2.05) is 28.8 Å². The zero-order valence-corrected chi connectivity index (χ0v) is 16.3. The molecule has 0 radical (unpaired) electrons. The van der Waals surface area contributed by atoms with E-state index >= 15 is 0 Å². The minimum absolute atomic E-state index is 0.250. The van der Waals surface area contributed by atoms with Crippen LogP contribution in [0.15, 0.2) is 66.3 Å². The predicted molar refractivity (Wildman–Crippen MR) is 105 cm³/mol. The van der Waals surface area contributed by atoms with Crippen molar-refractivity contribution < 1.29 is 22.6 Å². The standard InChI is InChI=1S/C20H18F3N3O2S/c1-3-12-26-18(16-6-4-5-7-17(16)27-2)24-25-19(26)29-13-14-8-10-15(11-9-14)28-20(21,22)23/h3-11H,1,12-13H2,2H3. The van der Waals surface area contributed by atoms with Crippen molar-refractivity contribution in [3.8, 4) is 22.9 Å². The van der Waals surface area contributed by atoms with Gasteiger partial charge >= 0.3 is 6.36 Å². The van der Waals surface area contributed by atoms with Gasteiger partial charge in [-0.2, -0.15) is 0 Å². The highest BCUT2D eigenvalue weighted by atomic mass is 32.2. The number of ether oxygens (including phenoxy) is 2. The van der Waals surface area contributed by atoms with E-state index in [-0.39, 0.29) is 5.75 Å². The lowest BCUT2D eigenvalue weighted by atomic mass is 10.2. The summed E-state index contributed by atoms with van der Waals surface area (Å²) in [6, 6.07) is 13.3. The van der Waals surface area contributed by atoms with Gasteiger partial charge in [0.25, 0.3) is 0 Å². The molecule has 0 N–H and O–H groups in total. The third-order valence-corrected chi connectivity index (χ3v) is 4.94. The Bertz CT molecular complexity index is 972. The molecule has 0 fully saturated rings. The van der Waals surface area contributed by atoms with Crippen LogP contribution in [-0.2, 0) is 12.3 Å². The van der Waals surface area contributed by atoms with Crippen molar-refractivity contribution >= 4 is 11.8 Å². The number of halogens is 3. The fraction of sp³-hybridized carbons (Fsp3) is 0.200. The predicted octanol–water partition coefficient (Wildman–Crippen LogP) is 5.33. The summed E-state index contributed by atoms with van der Waals surface area (Å²) in [4.78, 5) is 0. The third-order valence-electron chi connectivity index (χ3n) is 3.90. The van der Waals surface area contributed by atoms with Crippen molar-refractivity contribution in [2.75, 3.05) is 7.11 Å². The van der Waals surface area contributed by atoms with E-state index in [9.17, 15) is 13.2 Å². The normalized spacial score (nSPS) is 11.3. The first kappa shape index (κ1) is 20.8. The van der Waals surface area contributed by atoms with Gasteiger partial charge in [0.1, 0.15) is 11.5 Å². The van der Waals surface area contributed by atoms with Gasteiger partial charge in [0.05, 0.1) is 12.7 Å². The van der Waals surface area contributed by atoms with Crippen LogP contribution in [0.1, 0.15) is 5.56 Å². The molecule has 1 aromatic heterocycles. The Morgan fingerprint density at radius 1 is 1.10 bits per heavy atom. The maximum Gasteiger partial charge on any atom is 0.573 e. The molecule has 152 valence electrons. The van der Waals surface area contributed by atoms with E-state index in [0.717, 1.165) is 11.1 Å². The van der Waals surface area contributed by atoms with Gasteiger partial charge < -0.3 is 9.47 Å². The fourth-order valence-corrected chi connectivity index (χ4v) is 3.56. The third kappa shape index (κ3) is 5.32. The Balaban J connectivity index is 1.78. The Morgan fingerprint density at radius 3 is 2.48 bits per heavy atom. The van der Waals surface area contributed by atoms with E-state index < -0.39 is 6.36 Å². The van der Waals surface area contributed by atoms with Crippen LogP contribution in [0, 0.1) is 0 Å². The molecule has 0 spiro atoms. The number of hydrogen-bond acceptors (Lipinski definition) is 5. The van der Waals surface area contributed by atoms with Gasteiger partial charge in [-0.05, 0) is 29.8 Å². The summed E-state index contributed by atoms with van der Waals surface area (Å²) in [6.45, 7) is 4.29. The van der Waals surface area contributed by atoms with E-state index in [0.29, 0.717) is 29.0 Å². The van der Waals surface area contributed by atoms with Crippen LogP contribution >= 0.6 is 11.8 Å². The number of allylic oxidation sites excluding steroid dienone is 1. The molecule has 0 aliphatic carbocycles. The molecule has 0 unspecified atom stereocenters. The Labute approximate surface area is 170 Å². The molecular weight excluding hydrogens is 403 g/mol. The Hall–Kier alpha value is -2.94. The highest BCUT2D eigenvalue weighted by molar-refractivity contribution is 7.98. The number of nitrogens with zero attached hydrogens (tertiary/aromatic N) is 3. The molecule has 9 heteroatoms. The van der Waals surface area contributed by atoms with E-state index in [1.165, 1.54) is 23.9 Å². The zero-order valence-electron chi connectivity index (χ0n) is 15.5. The maximum atomic E-state index is 12.3. The second-order valence-corrected chi connectivity index (χ2v) is 6.83. The van der Waals surface area contributed by atoms with Gasteiger partial charge in [0, 0.05) is 12.3 Å². The van der Waals surface area contributed by atoms with Gasteiger partial charge in [-0.15, -0.1) is 29.9 Å². The Morgan fingerprint density at radius 2 is 1.83 bits per heavy atom. The van der Waals surface area contributed by atoms with Crippen molar-refractivity contribution in [1.29, 1.82) is 0 Å². The fourth-order valence-electron chi connectivity index (χ4n) is 2.65. The molecule has 5 nitrogen and oxygen atoms in total. The van der Waals surface area contributed by atoms with Crippen molar-refractivity contribution in [3.05, 3.63) is 66.7 Å². The summed E-state index contributed by atoms with van der Waals surface area (Å²) < 4.78 is 48.0. The maximum absolute atomic E-state index is 12.3. The van der Waals surface area contributed by atoms with E-state index in [4.69, 9.17) is 4.74 Å². The monoisotopic (exact) mass is 421 g/mol.